The highest BCUT2D eigenvalue weighted by molar-refractivity contribution is 5.84. The smallest absolute Gasteiger partial charge is 0.341 e. The summed E-state index contributed by atoms with van der Waals surface area (Å²) in [6, 6.07) is -0.0995. The van der Waals surface area contributed by atoms with Gasteiger partial charge < -0.3 is 19.7 Å². The molecule has 0 saturated carbocycles. The number of cyclic esters (lactones) is 1. The van der Waals surface area contributed by atoms with Gasteiger partial charge in [0.15, 0.2) is 5.60 Å². The van der Waals surface area contributed by atoms with Crippen LogP contribution in [0.4, 0.5) is 0 Å². The maximum atomic E-state index is 12.9. The second-order valence-corrected chi connectivity index (χ2v) is 8.00. The highest BCUT2D eigenvalue weighted by Crippen LogP contribution is 2.39. The van der Waals surface area contributed by atoms with E-state index < -0.39 is 29.1 Å². The number of hydrogen-bond donors (Lipinski definition) is 2. The summed E-state index contributed by atoms with van der Waals surface area (Å²) in [5, 5.41) is 21.7. The van der Waals surface area contributed by atoms with Gasteiger partial charge in [0.05, 0.1) is 12.0 Å². The SMILES string of the molecule is CC(C)[C@H]1C(=O)O[C@H]2CCN3CC=C(COC(=O)[C@](C)(O)[C@]1(C)O)[C@H]23. The fourth-order valence-corrected chi connectivity index (χ4v) is 4.30. The first-order valence-corrected chi connectivity index (χ1v) is 8.82. The van der Waals surface area contributed by atoms with E-state index in [1.165, 1.54) is 13.8 Å². The molecule has 0 unspecified atom stereocenters. The Hall–Kier alpha value is -1.44. The lowest BCUT2D eigenvalue weighted by Crippen LogP contribution is -2.63. The van der Waals surface area contributed by atoms with Crippen LogP contribution in [-0.2, 0) is 19.1 Å². The molecule has 0 amide bonds. The molecule has 5 atom stereocenters. The van der Waals surface area contributed by atoms with Gasteiger partial charge >= 0.3 is 11.9 Å². The van der Waals surface area contributed by atoms with Crippen molar-refractivity contribution < 1.29 is 29.3 Å². The standard InChI is InChI=1S/C18H27NO6/c1-10(2)13-15(20)25-12-6-8-19-7-5-11(14(12)19)9-24-16(21)18(4,23)17(13,3)22/h5,10,12-14,22-23H,6-9H2,1-4H3/t12-,13-,14+,17+,18-/m0/s1. The molecule has 0 bridgehead atoms. The van der Waals surface area contributed by atoms with Gasteiger partial charge in [-0.2, -0.15) is 0 Å². The van der Waals surface area contributed by atoms with Gasteiger partial charge in [0.25, 0.3) is 0 Å². The quantitative estimate of drug-likeness (QED) is 0.515. The number of rotatable bonds is 1. The minimum Gasteiger partial charge on any atom is -0.460 e. The molecule has 3 aliphatic heterocycles. The Morgan fingerprint density at radius 1 is 1.28 bits per heavy atom. The van der Waals surface area contributed by atoms with E-state index in [1.807, 2.05) is 6.08 Å². The molecule has 0 aliphatic carbocycles. The van der Waals surface area contributed by atoms with E-state index in [0.29, 0.717) is 6.42 Å². The molecule has 0 aromatic heterocycles. The lowest BCUT2D eigenvalue weighted by atomic mass is 9.71. The van der Waals surface area contributed by atoms with Gasteiger partial charge in [-0.05, 0) is 31.8 Å². The Bertz CT molecular complexity index is 609. The first kappa shape index (κ1) is 18.4. The van der Waals surface area contributed by atoms with Gasteiger partial charge in [-0.25, -0.2) is 4.79 Å². The zero-order valence-corrected chi connectivity index (χ0v) is 15.2. The number of hydrogen-bond acceptors (Lipinski definition) is 7. The van der Waals surface area contributed by atoms with Crippen molar-refractivity contribution in [2.45, 2.75) is 57.5 Å². The number of aliphatic hydroxyl groups is 2. The van der Waals surface area contributed by atoms with E-state index in [2.05, 4.69) is 4.90 Å². The summed E-state index contributed by atoms with van der Waals surface area (Å²) in [5.74, 6) is -2.92. The fraction of sp³-hybridized carbons (Fsp3) is 0.778. The van der Waals surface area contributed by atoms with Crippen molar-refractivity contribution in [1.82, 2.24) is 4.90 Å². The van der Waals surface area contributed by atoms with E-state index in [-0.39, 0.29) is 24.7 Å². The second-order valence-electron chi connectivity index (χ2n) is 8.00. The average molecular weight is 353 g/mol. The van der Waals surface area contributed by atoms with E-state index in [0.717, 1.165) is 18.7 Å². The molecular formula is C18H27NO6. The van der Waals surface area contributed by atoms with Crippen LogP contribution >= 0.6 is 0 Å². The predicted octanol–water partition coefficient (Wildman–Crippen LogP) is 0.244. The second kappa shape index (κ2) is 6.07. The van der Waals surface area contributed by atoms with Crippen LogP contribution in [0.1, 0.15) is 34.1 Å². The van der Waals surface area contributed by atoms with Crippen molar-refractivity contribution in [2.75, 3.05) is 19.7 Å². The van der Waals surface area contributed by atoms with Crippen LogP contribution in [0.15, 0.2) is 11.6 Å². The topological polar surface area (TPSA) is 96.3 Å². The molecular weight excluding hydrogens is 326 g/mol. The molecule has 2 fully saturated rings. The third kappa shape index (κ3) is 2.78. The zero-order valence-electron chi connectivity index (χ0n) is 15.2. The van der Waals surface area contributed by atoms with E-state index in [1.54, 1.807) is 13.8 Å². The Kier molecular flexibility index (Phi) is 4.46. The van der Waals surface area contributed by atoms with Crippen LogP contribution in [0, 0.1) is 11.8 Å². The summed E-state index contributed by atoms with van der Waals surface area (Å²) in [4.78, 5) is 27.6. The number of ether oxygens (including phenoxy) is 2. The number of esters is 2. The Labute approximate surface area is 147 Å². The molecule has 0 aromatic carbocycles. The summed E-state index contributed by atoms with van der Waals surface area (Å²) in [6.07, 6.45) is 2.34. The van der Waals surface area contributed by atoms with Crippen LogP contribution in [0.5, 0.6) is 0 Å². The Morgan fingerprint density at radius 2 is 1.96 bits per heavy atom. The lowest BCUT2D eigenvalue weighted by molar-refractivity contribution is -0.210. The van der Waals surface area contributed by atoms with Gasteiger partial charge in [0.2, 0.25) is 0 Å². The summed E-state index contributed by atoms with van der Waals surface area (Å²) >= 11 is 0. The molecule has 0 aromatic rings. The van der Waals surface area contributed by atoms with Crippen molar-refractivity contribution >= 4 is 11.9 Å². The van der Waals surface area contributed by atoms with Crippen LogP contribution < -0.4 is 0 Å². The Balaban J connectivity index is 2.02. The third-order valence-corrected chi connectivity index (χ3v) is 5.96. The first-order chi connectivity index (χ1) is 11.6. The summed E-state index contributed by atoms with van der Waals surface area (Å²) in [5.41, 5.74) is -3.39. The molecule has 2 N–H and O–H groups in total. The van der Waals surface area contributed by atoms with Crippen molar-refractivity contribution in [1.29, 1.82) is 0 Å². The molecule has 2 saturated heterocycles. The molecule has 7 nitrogen and oxygen atoms in total. The molecule has 3 aliphatic rings. The van der Waals surface area contributed by atoms with Crippen LogP contribution in [0.25, 0.3) is 0 Å². The summed E-state index contributed by atoms with van der Waals surface area (Å²) in [6.45, 7) is 7.54. The molecule has 140 valence electrons. The van der Waals surface area contributed by atoms with Crippen molar-refractivity contribution in [3.05, 3.63) is 11.6 Å². The molecule has 3 heterocycles. The van der Waals surface area contributed by atoms with Crippen LogP contribution in [0.2, 0.25) is 0 Å². The fourth-order valence-electron chi connectivity index (χ4n) is 4.30. The van der Waals surface area contributed by atoms with Gasteiger partial charge in [-0.3, -0.25) is 9.69 Å². The average Bonchev–Trinajstić information content (AvgIpc) is 3.06. The minimum absolute atomic E-state index is 0.0205. The van der Waals surface area contributed by atoms with Gasteiger partial charge in [0.1, 0.15) is 18.3 Å². The maximum absolute atomic E-state index is 12.9. The van der Waals surface area contributed by atoms with Gasteiger partial charge in [-0.1, -0.05) is 19.9 Å². The summed E-state index contributed by atoms with van der Waals surface area (Å²) < 4.78 is 11.1. The number of nitrogens with zero attached hydrogens (tertiary/aromatic N) is 1. The Morgan fingerprint density at radius 3 is 2.60 bits per heavy atom. The highest BCUT2D eigenvalue weighted by Gasteiger charge is 2.58. The van der Waals surface area contributed by atoms with E-state index in [9.17, 15) is 19.8 Å². The number of carbonyl (C=O) groups is 2. The highest BCUT2D eigenvalue weighted by atomic mass is 16.6. The van der Waals surface area contributed by atoms with Crippen LogP contribution in [0.3, 0.4) is 0 Å². The lowest BCUT2D eigenvalue weighted by Gasteiger charge is -2.42. The van der Waals surface area contributed by atoms with Crippen molar-refractivity contribution in [3.63, 3.8) is 0 Å². The number of carbonyl (C=O) groups excluding carboxylic acids is 2. The normalized spacial score (nSPS) is 42.5. The molecule has 7 heteroatoms. The maximum Gasteiger partial charge on any atom is 0.341 e. The van der Waals surface area contributed by atoms with Crippen molar-refractivity contribution in [3.8, 4) is 0 Å². The summed E-state index contributed by atoms with van der Waals surface area (Å²) in [7, 11) is 0. The van der Waals surface area contributed by atoms with Crippen LogP contribution in [-0.4, -0.2) is 70.1 Å². The third-order valence-electron chi connectivity index (χ3n) is 5.96. The minimum atomic E-state index is -2.24. The van der Waals surface area contributed by atoms with E-state index in [4.69, 9.17) is 9.47 Å². The molecule has 3 rings (SSSR count). The molecule has 25 heavy (non-hydrogen) atoms. The van der Waals surface area contributed by atoms with Gasteiger partial charge in [-0.15, -0.1) is 0 Å². The first-order valence-electron chi connectivity index (χ1n) is 8.82. The largest absolute Gasteiger partial charge is 0.460 e. The van der Waals surface area contributed by atoms with E-state index >= 15 is 0 Å². The predicted molar refractivity (Wildman–Crippen MR) is 88.5 cm³/mol. The zero-order chi connectivity index (χ0) is 18.6. The molecule has 0 spiro atoms. The van der Waals surface area contributed by atoms with Gasteiger partial charge in [0, 0.05) is 13.1 Å². The molecule has 0 radical (unpaired) electrons. The monoisotopic (exact) mass is 353 g/mol. The van der Waals surface area contributed by atoms with Crippen molar-refractivity contribution in [2.24, 2.45) is 11.8 Å².